The zero-order chi connectivity index (χ0) is 15.1. The van der Waals surface area contributed by atoms with E-state index in [9.17, 15) is 0 Å². The molecule has 2 aromatic carbocycles. The summed E-state index contributed by atoms with van der Waals surface area (Å²) in [7, 11) is 5.62. The van der Waals surface area contributed by atoms with Gasteiger partial charge in [-0.15, -0.1) is 0 Å². The first kappa shape index (κ1) is 15.0. The fourth-order valence-corrected chi connectivity index (χ4v) is 2.02. The van der Waals surface area contributed by atoms with Crippen molar-refractivity contribution in [3.8, 4) is 11.5 Å². The second kappa shape index (κ2) is 7.43. The Morgan fingerprint density at radius 3 is 2.57 bits per heavy atom. The van der Waals surface area contributed by atoms with Crippen molar-refractivity contribution in [2.75, 3.05) is 44.6 Å². The Kier molecular flexibility index (Phi) is 5.32. The summed E-state index contributed by atoms with van der Waals surface area (Å²) in [6.07, 6.45) is 0. The summed E-state index contributed by atoms with van der Waals surface area (Å²) in [4.78, 5) is 2.14. The fraction of sp³-hybridized carbons (Fsp3) is 0.294. The van der Waals surface area contributed by atoms with Crippen LogP contribution >= 0.6 is 0 Å². The number of hydrogen-bond acceptors (Lipinski definition) is 4. The second-order valence-electron chi connectivity index (χ2n) is 4.75. The number of methoxy groups -OCH3 is 1. The average Bonchev–Trinajstić information content (AvgIpc) is 2.55. The van der Waals surface area contributed by atoms with Crippen molar-refractivity contribution >= 4 is 11.4 Å². The van der Waals surface area contributed by atoms with E-state index in [0.29, 0.717) is 6.61 Å². The van der Waals surface area contributed by atoms with Gasteiger partial charge in [0.25, 0.3) is 0 Å². The van der Waals surface area contributed by atoms with Gasteiger partial charge in [-0.2, -0.15) is 0 Å². The number of hydrogen-bond donors (Lipinski definition) is 1. The van der Waals surface area contributed by atoms with Crippen LogP contribution in [0.15, 0.2) is 48.5 Å². The van der Waals surface area contributed by atoms with Crippen LogP contribution in [0.2, 0.25) is 0 Å². The molecular formula is C17H22N2O2. The predicted octanol–water partition coefficient (Wildman–Crippen LogP) is 3.25. The Hall–Kier alpha value is -2.36. The van der Waals surface area contributed by atoms with Crippen molar-refractivity contribution in [2.24, 2.45) is 0 Å². The third-order valence-electron chi connectivity index (χ3n) is 3.31. The Morgan fingerprint density at radius 2 is 1.81 bits per heavy atom. The van der Waals surface area contributed by atoms with Gasteiger partial charge < -0.3 is 19.7 Å². The van der Waals surface area contributed by atoms with Gasteiger partial charge >= 0.3 is 0 Å². The maximum Gasteiger partial charge on any atom is 0.121 e. The standard InChI is InChI=1S/C17H22N2O2/c1-18-14-6-4-9-17(12-14)21-11-10-19(2)15-7-5-8-16(13-15)20-3/h4-9,12-13,18H,10-11H2,1-3H3. The lowest BCUT2D eigenvalue weighted by Crippen LogP contribution is -2.23. The molecule has 0 radical (unpaired) electrons. The summed E-state index contributed by atoms with van der Waals surface area (Å²) in [5.41, 5.74) is 2.16. The molecule has 112 valence electrons. The molecule has 1 N–H and O–H groups in total. The molecule has 4 nitrogen and oxygen atoms in total. The Morgan fingerprint density at radius 1 is 1.05 bits per heavy atom. The van der Waals surface area contributed by atoms with Crippen LogP contribution in [0.4, 0.5) is 11.4 Å². The Bertz CT molecular complexity index is 572. The molecule has 0 bridgehead atoms. The van der Waals surface area contributed by atoms with E-state index in [0.717, 1.165) is 29.4 Å². The van der Waals surface area contributed by atoms with Crippen molar-refractivity contribution in [1.29, 1.82) is 0 Å². The third-order valence-corrected chi connectivity index (χ3v) is 3.31. The summed E-state index contributed by atoms with van der Waals surface area (Å²) in [5.74, 6) is 1.74. The van der Waals surface area contributed by atoms with Crippen molar-refractivity contribution in [2.45, 2.75) is 0 Å². The molecule has 0 amide bonds. The number of nitrogens with one attached hydrogen (secondary N) is 1. The predicted molar refractivity (Wildman–Crippen MR) is 87.7 cm³/mol. The smallest absolute Gasteiger partial charge is 0.121 e. The van der Waals surface area contributed by atoms with Gasteiger partial charge in [0.1, 0.15) is 18.1 Å². The summed E-state index contributed by atoms with van der Waals surface area (Å²) in [6.45, 7) is 1.43. The van der Waals surface area contributed by atoms with E-state index in [-0.39, 0.29) is 0 Å². The van der Waals surface area contributed by atoms with Gasteiger partial charge in [0.2, 0.25) is 0 Å². The van der Waals surface area contributed by atoms with E-state index < -0.39 is 0 Å². The van der Waals surface area contributed by atoms with Crippen LogP contribution in [0, 0.1) is 0 Å². The molecule has 0 saturated heterocycles. The largest absolute Gasteiger partial charge is 0.497 e. The first-order chi connectivity index (χ1) is 10.2. The maximum atomic E-state index is 5.78. The van der Waals surface area contributed by atoms with E-state index in [4.69, 9.17) is 9.47 Å². The normalized spacial score (nSPS) is 10.0. The molecule has 0 unspecified atom stereocenters. The number of ether oxygens (including phenoxy) is 2. The van der Waals surface area contributed by atoms with E-state index in [1.807, 2.05) is 56.6 Å². The molecule has 0 aliphatic carbocycles. The van der Waals surface area contributed by atoms with Gasteiger partial charge in [-0.05, 0) is 24.3 Å². The Labute approximate surface area is 126 Å². The summed E-state index contributed by atoms with van der Waals surface area (Å²) in [6, 6.07) is 15.9. The van der Waals surface area contributed by atoms with Crippen LogP contribution in [0.5, 0.6) is 11.5 Å². The number of anilines is 2. The zero-order valence-electron chi connectivity index (χ0n) is 12.8. The zero-order valence-corrected chi connectivity index (χ0v) is 12.8. The quantitative estimate of drug-likeness (QED) is 0.847. The average molecular weight is 286 g/mol. The van der Waals surface area contributed by atoms with E-state index in [1.54, 1.807) is 7.11 Å². The summed E-state index contributed by atoms with van der Waals surface area (Å²) in [5, 5.41) is 3.10. The van der Waals surface area contributed by atoms with Gasteiger partial charge in [0, 0.05) is 37.6 Å². The number of likely N-dealkylation sites (N-methyl/N-ethyl adjacent to an activating group) is 1. The van der Waals surface area contributed by atoms with Crippen LogP contribution in [0.25, 0.3) is 0 Å². The van der Waals surface area contributed by atoms with Crippen LogP contribution < -0.4 is 19.7 Å². The lowest BCUT2D eigenvalue weighted by atomic mass is 10.3. The molecule has 0 aromatic heterocycles. The van der Waals surface area contributed by atoms with E-state index >= 15 is 0 Å². The lowest BCUT2D eigenvalue weighted by Gasteiger charge is -2.20. The molecule has 0 saturated carbocycles. The summed E-state index contributed by atoms with van der Waals surface area (Å²) >= 11 is 0. The molecule has 0 atom stereocenters. The SMILES string of the molecule is CNc1cccc(OCCN(C)c2cccc(OC)c2)c1. The molecule has 2 rings (SSSR count). The minimum atomic E-state index is 0.626. The highest BCUT2D eigenvalue weighted by Gasteiger charge is 2.03. The lowest BCUT2D eigenvalue weighted by molar-refractivity contribution is 0.326. The topological polar surface area (TPSA) is 33.7 Å². The molecule has 21 heavy (non-hydrogen) atoms. The minimum absolute atomic E-state index is 0.626. The highest BCUT2D eigenvalue weighted by Crippen LogP contribution is 2.20. The minimum Gasteiger partial charge on any atom is -0.497 e. The van der Waals surface area contributed by atoms with Crippen molar-refractivity contribution < 1.29 is 9.47 Å². The molecular weight excluding hydrogens is 264 g/mol. The molecule has 0 aliphatic rings. The van der Waals surface area contributed by atoms with Gasteiger partial charge in [0.15, 0.2) is 0 Å². The van der Waals surface area contributed by atoms with Crippen molar-refractivity contribution in [1.82, 2.24) is 0 Å². The molecule has 4 heteroatoms. The second-order valence-corrected chi connectivity index (χ2v) is 4.75. The third kappa shape index (κ3) is 4.31. The van der Waals surface area contributed by atoms with Crippen LogP contribution in [-0.4, -0.2) is 34.4 Å². The van der Waals surface area contributed by atoms with Crippen molar-refractivity contribution in [3.05, 3.63) is 48.5 Å². The van der Waals surface area contributed by atoms with Gasteiger partial charge in [-0.3, -0.25) is 0 Å². The Balaban J connectivity index is 1.87. The number of benzene rings is 2. The molecule has 0 spiro atoms. The highest BCUT2D eigenvalue weighted by molar-refractivity contribution is 5.50. The fourth-order valence-electron chi connectivity index (χ4n) is 2.02. The maximum absolute atomic E-state index is 5.78. The van der Waals surface area contributed by atoms with Crippen LogP contribution in [-0.2, 0) is 0 Å². The first-order valence-corrected chi connectivity index (χ1v) is 6.98. The van der Waals surface area contributed by atoms with E-state index in [2.05, 4.69) is 16.3 Å². The van der Waals surface area contributed by atoms with Crippen LogP contribution in [0.1, 0.15) is 0 Å². The monoisotopic (exact) mass is 286 g/mol. The van der Waals surface area contributed by atoms with Crippen LogP contribution in [0.3, 0.4) is 0 Å². The number of rotatable bonds is 7. The highest BCUT2D eigenvalue weighted by atomic mass is 16.5. The van der Waals surface area contributed by atoms with Gasteiger partial charge in [-0.1, -0.05) is 12.1 Å². The molecule has 0 fully saturated rings. The number of nitrogens with zero attached hydrogens (tertiary/aromatic N) is 1. The van der Waals surface area contributed by atoms with Gasteiger partial charge in [0.05, 0.1) is 13.7 Å². The molecule has 0 heterocycles. The van der Waals surface area contributed by atoms with E-state index in [1.165, 1.54) is 0 Å². The summed E-state index contributed by atoms with van der Waals surface area (Å²) < 4.78 is 11.0. The first-order valence-electron chi connectivity index (χ1n) is 6.98. The van der Waals surface area contributed by atoms with Gasteiger partial charge in [-0.25, -0.2) is 0 Å². The molecule has 2 aromatic rings. The van der Waals surface area contributed by atoms with Crippen molar-refractivity contribution in [3.63, 3.8) is 0 Å². The molecule has 0 aliphatic heterocycles.